The van der Waals surface area contributed by atoms with E-state index in [0.717, 1.165) is 54.4 Å². The van der Waals surface area contributed by atoms with Crippen LogP contribution in [0, 0.1) is 0 Å². The predicted molar refractivity (Wildman–Crippen MR) is 171 cm³/mol. The minimum atomic E-state index is -0.541. The number of aromatic nitrogens is 2. The van der Waals surface area contributed by atoms with E-state index in [0.29, 0.717) is 5.69 Å². The van der Waals surface area contributed by atoms with Crippen LogP contribution in [0.15, 0.2) is 139 Å². The van der Waals surface area contributed by atoms with Crippen molar-refractivity contribution in [3.63, 3.8) is 0 Å². The van der Waals surface area contributed by atoms with Crippen molar-refractivity contribution < 1.29 is 12.3 Å². The largest absolute Gasteiger partial charge is 0.354 e. The summed E-state index contributed by atoms with van der Waals surface area (Å²) in [6.45, 7) is 0. The molecule has 2 aromatic heterocycles. The molecule has 0 saturated carbocycles. The number of hydrogen-bond donors (Lipinski definition) is 1. The van der Waals surface area contributed by atoms with Gasteiger partial charge in [-0.3, -0.25) is 0 Å². The molecule has 0 aliphatic rings. The average molecular weight is 518 g/mol. The van der Waals surface area contributed by atoms with E-state index in [2.05, 4.69) is 41.4 Å². The Balaban J connectivity index is 1.34. The molecule has 2 nitrogen and oxygen atoms in total. The van der Waals surface area contributed by atoms with Gasteiger partial charge in [-0.15, -0.1) is 0 Å². The summed E-state index contributed by atoms with van der Waals surface area (Å²) in [4.78, 5) is 3.58. The minimum absolute atomic E-state index is 0.0673. The number of nitrogens with one attached hydrogen (secondary N) is 1. The average Bonchev–Trinajstić information content (AvgIpc) is 3.64. The standard InChI is InChI=1S/C38H24N2/c1-3-11-28-24(8-1)10-7-14-29(28)26-16-19-27(20-17-26)40-36-15-6-5-13-31(36)32-22-33-35(23-37(32)40)39-34-21-18-25-9-2-4-12-30(25)38(33)34/h1-23,39H/i1D,3D,7D,8D,10D,11D,14D,16D,19D. The highest BCUT2D eigenvalue weighted by atomic mass is 15.0. The molecule has 1 N–H and O–H groups in total. The molecule has 0 unspecified atom stereocenters. The molecule has 0 aliphatic carbocycles. The van der Waals surface area contributed by atoms with Gasteiger partial charge < -0.3 is 9.55 Å². The Bertz CT molecular complexity index is 2930. The molecular weight excluding hydrogens is 484 g/mol. The van der Waals surface area contributed by atoms with E-state index in [4.69, 9.17) is 9.60 Å². The van der Waals surface area contributed by atoms with Crippen LogP contribution in [-0.4, -0.2) is 9.55 Å². The lowest BCUT2D eigenvalue weighted by atomic mass is 9.98. The summed E-state index contributed by atoms with van der Waals surface area (Å²) in [5.41, 5.74) is 4.04. The molecule has 0 fully saturated rings. The Morgan fingerprint density at radius 1 is 0.525 bits per heavy atom. The van der Waals surface area contributed by atoms with Gasteiger partial charge >= 0.3 is 0 Å². The number of H-pyrrole nitrogens is 1. The highest BCUT2D eigenvalue weighted by molar-refractivity contribution is 6.24. The van der Waals surface area contributed by atoms with Crippen LogP contribution in [-0.2, 0) is 0 Å². The maximum Gasteiger partial charge on any atom is 0.0645 e. The van der Waals surface area contributed by atoms with Crippen LogP contribution in [0.1, 0.15) is 12.3 Å². The second kappa shape index (κ2) is 8.08. The fraction of sp³-hybridized carbons (Fsp3) is 0. The Labute approximate surface area is 243 Å². The second-order valence-electron chi connectivity index (χ2n) is 9.98. The Morgan fingerprint density at radius 2 is 1.38 bits per heavy atom. The van der Waals surface area contributed by atoms with Gasteiger partial charge in [0.15, 0.2) is 0 Å². The number of para-hydroxylation sites is 1. The first-order chi connectivity index (χ1) is 23.6. The summed E-state index contributed by atoms with van der Waals surface area (Å²) >= 11 is 0. The Kier molecular flexibility index (Phi) is 2.97. The number of hydrogen-bond acceptors (Lipinski definition) is 0. The van der Waals surface area contributed by atoms with Crippen molar-refractivity contribution in [2.45, 2.75) is 0 Å². The van der Waals surface area contributed by atoms with Gasteiger partial charge in [-0.2, -0.15) is 0 Å². The number of fused-ring (bicyclic) bond motifs is 9. The van der Waals surface area contributed by atoms with Crippen LogP contribution >= 0.6 is 0 Å². The van der Waals surface area contributed by atoms with Gasteiger partial charge in [-0.05, 0) is 69.0 Å². The zero-order valence-corrected chi connectivity index (χ0v) is 21.0. The fourth-order valence-electron chi connectivity index (χ4n) is 6.06. The summed E-state index contributed by atoms with van der Waals surface area (Å²) in [5, 5.41) is 6.17. The smallest absolute Gasteiger partial charge is 0.0645 e. The Morgan fingerprint density at radius 3 is 2.35 bits per heavy atom. The van der Waals surface area contributed by atoms with Gasteiger partial charge in [-0.1, -0.05) is 103 Å². The quantitative estimate of drug-likeness (QED) is 0.235. The third-order valence-electron chi connectivity index (χ3n) is 7.84. The first kappa shape index (κ1) is 14.7. The topological polar surface area (TPSA) is 20.7 Å². The van der Waals surface area contributed by atoms with Crippen LogP contribution in [0.3, 0.4) is 0 Å². The lowest BCUT2D eigenvalue weighted by molar-refractivity contribution is 1.18. The van der Waals surface area contributed by atoms with Crippen molar-refractivity contribution in [1.82, 2.24) is 9.55 Å². The van der Waals surface area contributed by atoms with Crippen molar-refractivity contribution in [3.05, 3.63) is 139 Å². The van der Waals surface area contributed by atoms with Crippen LogP contribution < -0.4 is 0 Å². The molecule has 0 amide bonds. The van der Waals surface area contributed by atoms with Crippen LogP contribution in [0.2, 0.25) is 0 Å². The molecule has 9 aromatic rings. The summed E-state index contributed by atoms with van der Waals surface area (Å²) in [6, 6.07) is 24.0. The molecule has 40 heavy (non-hydrogen) atoms. The monoisotopic (exact) mass is 517 g/mol. The maximum absolute atomic E-state index is 9.29. The molecule has 7 aromatic carbocycles. The molecule has 186 valence electrons. The van der Waals surface area contributed by atoms with Gasteiger partial charge in [0.25, 0.3) is 0 Å². The molecule has 9 rings (SSSR count). The van der Waals surface area contributed by atoms with E-state index >= 15 is 0 Å². The fourth-order valence-corrected chi connectivity index (χ4v) is 6.06. The van der Waals surface area contributed by atoms with E-state index in [-0.39, 0.29) is 34.0 Å². The van der Waals surface area contributed by atoms with Crippen LogP contribution in [0.25, 0.3) is 82.0 Å². The summed E-state index contributed by atoms with van der Waals surface area (Å²) < 4.78 is 79.7. The summed E-state index contributed by atoms with van der Waals surface area (Å²) in [6.07, 6.45) is 0. The highest BCUT2D eigenvalue weighted by Gasteiger charge is 2.16. The first-order valence-electron chi connectivity index (χ1n) is 17.6. The van der Waals surface area contributed by atoms with Gasteiger partial charge in [0.05, 0.1) is 23.4 Å². The van der Waals surface area contributed by atoms with Crippen molar-refractivity contribution in [1.29, 1.82) is 0 Å². The molecule has 0 atom stereocenters. The lowest BCUT2D eigenvalue weighted by Crippen LogP contribution is -1.94. The molecular formula is C38H24N2. The summed E-state index contributed by atoms with van der Waals surface area (Å²) in [7, 11) is 0. The zero-order valence-electron chi connectivity index (χ0n) is 30.0. The molecule has 0 saturated heterocycles. The zero-order chi connectivity index (χ0) is 34.0. The number of benzene rings is 7. The predicted octanol–water partition coefficient (Wildman–Crippen LogP) is 10.4. The highest BCUT2D eigenvalue weighted by Crippen LogP contribution is 2.39. The van der Waals surface area contributed by atoms with Crippen molar-refractivity contribution >= 4 is 65.2 Å². The first-order valence-corrected chi connectivity index (χ1v) is 13.1. The minimum Gasteiger partial charge on any atom is -0.354 e. The number of nitrogens with zero attached hydrogens (tertiary/aromatic N) is 1. The third kappa shape index (κ3) is 2.99. The Hall–Kier alpha value is -5.34. The van der Waals surface area contributed by atoms with Crippen molar-refractivity contribution in [3.8, 4) is 16.8 Å². The molecule has 0 bridgehead atoms. The number of aromatic amines is 1. The van der Waals surface area contributed by atoms with E-state index < -0.39 is 42.3 Å². The van der Waals surface area contributed by atoms with E-state index in [1.54, 1.807) is 12.1 Å². The van der Waals surface area contributed by atoms with Gasteiger partial charge in [0, 0.05) is 38.3 Å². The molecule has 0 spiro atoms. The number of rotatable bonds is 2. The third-order valence-corrected chi connectivity index (χ3v) is 7.84. The molecule has 0 aliphatic heterocycles. The van der Waals surface area contributed by atoms with Gasteiger partial charge in [0.1, 0.15) is 0 Å². The normalized spacial score (nSPS) is 15.2. The van der Waals surface area contributed by atoms with E-state index in [9.17, 15) is 2.74 Å². The molecule has 0 radical (unpaired) electrons. The lowest BCUT2D eigenvalue weighted by Gasteiger charge is -2.11. The second-order valence-corrected chi connectivity index (χ2v) is 9.98. The SMILES string of the molecule is [2H]c1c(-c2c([2H])c([2H])c([2H])c3c([2H])c([2H])c([2H])c([2H])c23)ccc(-n2c3ccccc3c3cc4c(cc32)[nH]c2ccc3ccccc3c24)c1[2H]. The van der Waals surface area contributed by atoms with Crippen molar-refractivity contribution in [2.24, 2.45) is 0 Å². The van der Waals surface area contributed by atoms with Gasteiger partial charge in [-0.25, -0.2) is 0 Å². The maximum atomic E-state index is 9.29. The van der Waals surface area contributed by atoms with Crippen molar-refractivity contribution in [2.75, 3.05) is 0 Å². The van der Waals surface area contributed by atoms with E-state index in [1.165, 1.54) is 0 Å². The molecule has 2 heterocycles. The summed E-state index contributed by atoms with van der Waals surface area (Å²) in [5.74, 6) is 0. The van der Waals surface area contributed by atoms with E-state index in [1.807, 2.05) is 41.0 Å². The van der Waals surface area contributed by atoms with Crippen LogP contribution in [0.5, 0.6) is 0 Å². The molecule has 2 heteroatoms. The van der Waals surface area contributed by atoms with Crippen LogP contribution in [0.4, 0.5) is 0 Å². The van der Waals surface area contributed by atoms with Gasteiger partial charge in [0.2, 0.25) is 0 Å².